The summed E-state index contributed by atoms with van der Waals surface area (Å²) < 4.78 is 0. The first-order chi connectivity index (χ1) is 8.97. The molecule has 0 aromatic heterocycles. The molecule has 0 aliphatic heterocycles. The number of aliphatic imine (C=N–C) groups is 1. The molecule has 0 aliphatic rings. The van der Waals surface area contributed by atoms with Crippen molar-refractivity contribution in [2.24, 2.45) is 4.99 Å². The van der Waals surface area contributed by atoms with Gasteiger partial charge in [0.05, 0.1) is 0 Å². The van der Waals surface area contributed by atoms with Crippen molar-refractivity contribution in [2.75, 3.05) is 0 Å². The molecular formula is C13H19K2NO5. The van der Waals surface area contributed by atoms with Crippen LogP contribution in [0.5, 0.6) is 0 Å². The zero-order valence-corrected chi connectivity index (χ0v) is 19.1. The van der Waals surface area contributed by atoms with Crippen molar-refractivity contribution < 1.29 is 128 Å². The third-order valence-corrected chi connectivity index (χ3v) is 2.51. The molecule has 1 atom stereocenters. The minimum atomic E-state index is -1.35. The van der Waals surface area contributed by atoms with Crippen LogP contribution in [0.1, 0.15) is 44.9 Å². The molecule has 0 aliphatic carbocycles. The van der Waals surface area contributed by atoms with Crippen LogP contribution in [0.3, 0.4) is 0 Å². The number of unbranched alkanes of at least 4 members (excludes halogenated alkanes) is 3. The maximum Gasteiger partial charge on any atom is 1.00 e. The predicted octanol–water partition coefficient (Wildman–Crippen LogP) is -6.13. The molecule has 0 aromatic carbocycles. The minimum Gasteiger partial charge on any atom is -0.862 e. The van der Waals surface area contributed by atoms with Gasteiger partial charge in [0.1, 0.15) is 6.04 Å². The van der Waals surface area contributed by atoms with E-state index >= 15 is 0 Å². The normalized spacial score (nSPS) is 11.7. The van der Waals surface area contributed by atoms with E-state index in [9.17, 15) is 19.8 Å². The van der Waals surface area contributed by atoms with Gasteiger partial charge in [-0.15, -0.1) is 6.58 Å². The Balaban J connectivity index is -0.00000162. The SMILES string of the molecule is C=CCCCCCC([O-])=N[C@@H](CCC(=O)[O-])C(=O)O.[K+].[K+]. The van der Waals surface area contributed by atoms with Crippen molar-refractivity contribution in [3.63, 3.8) is 0 Å². The van der Waals surface area contributed by atoms with Gasteiger partial charge in [0.15, 0.2) is 0 Å². The summed E-state index contributed by atoms with van der Waals surface area (Å²) in [6, 6.07) is -1.29. The number of carboxylic acids is 2. The fourth-order valence-electron chi connectivity index (χ4n) is 1.48. The summed E-state index contributed by atoms with van der Waals surface area (Å²) in [5, 5.41) is 30.5. The fourth-order valence-corrected chi connectivity index (χ4v) is 1.48. The fraction of sp³-hybridized carbons (Fsp3) is 0.615. The third-order valence-electron chi connectivity index (χ3n) is 2.51. The minimum absolute atomic E-state index is 0. The molecule has 0 saturated carbocycles. The zero-order valence-electron chi connectivity index (χ0n) is 12.8. The smallest absolute Gasteiger partial charge is 0.862 e. The summed E-state index contributed by atoms with van der Waals surface area (Å²) in [6.45, 7) is 3.58. The first-order valence-electron chi connectivity index (χ1n) is 6.24. The Morgan fingerprint density at radius 3 is 2.24 bits per heavy atom. The van der Waals surface area contributed by atoms with Crippen LogP contribution in [0.2, 0.25) is 0 Å². The van der Waals surface area contributed by atoms with Crippen molar-refractivity contribution in [1.29, 1.82) is 0 Å². The monoisotopic (exact) mass is 347 g/mol. The van der Waals surface area contributed by atoms with Gasteiger partial charge in [0.2, 0.25) is 0 Å². The van der Waals surface area contributed by atoms with Crippen LogP contribution >= 0.6 is 0 Å². The van der Waals surface area contributed by atoms with Crippen LogP contribution in [-0.4, -0.2) is 29.0 Å². The second-order valence-corrected chi connectivity index (χ2v) is 4.18. The van der Waals surface area contributed by atoms with E-state index in [0.29, 0.717) is 6.42 Å². The quantitative estimate of drug-likeness (QED) is 0.131. The van der Waals surface area contributed by atoms with Gasteiger partial charge >= 0.3 is 109 Å². The van der Waals surface area contributed by atoms with Crippen LogP contribution < -0.4 is 113 Å². The van der Waals surface area contributed by atoms with Crippen LogP contribution in [0.15, 0.2) is 17.6 Å². The number of carboxylic acid groups (broad SMARTS) is 2. The van der Waals surface area contributed by atoms with E-state index in [1.165, 1.54) is 0 Å². The third kappa shape index (κ3) is 17.6. The number of hydrogen-bond acceptors (Lipinski definition) is 5. The van der Waals surface area contributed by atoms with E-state index in [1.54, 1.807) is 6.08 Å². The van der Waals surface area contributed by atoms with E-state index < -0.39 is 30.3 Å². The van der Waals surface area contributed by atoms with Crippen molar-refractivity contribution in [2.45, 2.75) is 51.0 Å². The molecular weight excluding hydrogens is 328 g/mol. The average molecular weight is 347 g/mol. The number of aliphatic carboxylic acids is 2. The predicted molar refractivity (Wildman–Crippen MR) is 66.4 cm³/mol. The second-order valence-electron chi connectivity index (χ2n) is 4.18. The summed E-state index contributed by atoms with van der Waals surface area (Å²) in [6.07, 6.45) is 4.65. The molecule has 0 spiro atoms. The Morgan fingerprint density at radius 2 is 1.76 bits per heavy atom. The molecule has 0 heterocycles. The Morgan fingerprint density at radius 1 is 1.14 bits per heavy atom. The van der Waals surface area contributed by atoms with Crippen LogP contribution in [-0.2, 0) is 9.59 Å². The molecule has 0 fully saturated rings. The van der Waals surface area contributed by atoms with Gasteiger partial charge in [-0.1, -0.05) is 12.5 Å². The number of rotatable bonds is 11. The van der Waals surface area contributed by atoms with Crippen LogP contribution in [0, 0.1) is 0 Å². The summed E-state index contributed by atoms with van der Waals surface area (Å²) >= 11 is 0. The molecule has 0 bridgehead atoms. The Kier molecular flexibility index (Phi) is 23.1. The first kappa shape index (κ1) is 27.3. The summed E-state index contributed by atoms with van der Waals surface area (Å²) in [5.74, 6) is -3.14. The summed E-state index contributed by atoms with van der Waals surface area (Å²) in [5.41, 5.74) is 0. The molecule has 8 heteroatoms. The van der Waals surface area contributed by atoms with Gasteiger partial charge in [-0.05, 0) is 44.4 Å². The molecule has 0 saturated heterocycles. The Bertz CT molecular complexity index is 347. The van der Waals surface area contributed by atoms with Gasteiger partial charge in [-0.25, -0.2) is 4.79 Å². The van der Waals surface area contributed by atoms with Gasteiger partial charge < -0.3 is 20.1 Å². The average Bonchev–Trinajstić information content (AvgIpc) is 2.33. The first-order valence-corrected chi connectivity index (χ1v) is 6.24. The number of nitrogens with zero attached hydrogens (tertiary/aromatic N) is 1. The molecule has 108 valence electrons. The van der Waals surface area contributed by atoms with Crippen molar-refractivity contribution in [3.8, 4) is 0 Å². The molecule has 0 radical (unpaired) electrons. The van der Waals surface area contributed by atoms with Gasteiger partial charge in [0.25, 0.3) is 0 Å². The molecule has 6 nitrogen and oxygen atoms in total. The zero-order chi connectivity index (χ0) is 14.7. The van der Waals surface area contributed by atoms with Gasteiger partial charge in [-0.3, -0.25) is 4.99 Å². The van der Waals surface area contributed by atoms with Crippen molar-refractivity contribution in [3.05, 3.63) is 12.7 Å². The molecule has 0 unspecified atom stereocenters. The van der Waals surface area contributed by atoms with Crippen LogP contribution in [0.25, 0.3) is 0 Å². The van der Waals surface area contributed by atoms with E-state index in [-0.39, 0.29) is 116 Å². The second kappa shape index (κ2) is 17.8. The maximum absolute atomic E-state index is 11.4. The molecule has 0 rings (SSSR count). The molecule has 1 N–H and O–H groups in total. The van der Waals surface area contributed by atoms with Crippen molar-refractivity contribution in [1.82, 2.24) is 0 Å². The Hall–Kier alpha value is 1.42. The molecule has 0 amide bonds. The molecule has 0 aromatic rings. The number of carbonyl (C=O) groups is 2. The summed E-state index contributed by atoms with van der Waals surface area (Å²) in [4.78, 5) is 24.6. The Labute approximate surface area is 210 Å². The van der Waals surface area contributed by atoms with E-state index in [0.717, 1.165) is 19.3 Å². The van der Waals surface area contributed by atoms with E-state index in [4.69, 9.17) is 5.11 Å². The standard InChI is InChI=1S/C13H21NO5.2K/c1-2-3-4-5-6-7-11(15)14-10(13(18)19)8-9-12(16)17;;/h2,10H,1,3-9H2,(H,14,15)(H,16,17)(H,18,19);;/q;2*+1/p-2/t10-;;/m0../s1. The summed E-state index contributed by atoms with van der Waals surface area (Å²) in [7, 11) is 0. The van der Waals surface area contributed by atoms with Crippen LogP contribution in [0.4, 0.5) is 0 Å². The molecule has 21 heavy (non-hydrogen) atoms. The maximum atomic E-state index is 11.4. The number of allylic oxidation sites excluding steroid dienone is 1. The number of hydrogen-bond donors (Lipinski definition) is 1. The van der Waals surface area contributed by atoms with Gasteiger partial charge in [0, 0.05) is 5.97 Å². The topological polar surface area (TPSA) is 113 Å². The van der Waals surface area contributed by atoms with E-state index in [2.05, 4.69) is 11.6 Å². The van der Waals surface area contributed by atoms with Crippen molar-refractivity contribution >= 4 is 17.8 Å². The van der Waals surface area contributed by atoms with E-state index in [1.807, 2.05) is 0 Å². The largest absolute Gasteiger partial charge is 1.00 e. The number of carbonyl (C=O) groups excluding carboxylic acids is 1. The van der Waals surface area contributed by atoms with Gasteiger partial charge in [-0.2, -0.15) is 0 Å².